The maximum atomic E-state index is 4.48. The molecule has 2 aromatic rings. The fourth-order valence-electron chi connectivity index (χ4n) is 2.97. The maximum absolute atomic E-state index is 4.48. The first kappa shape index (κ1) is 11.8. The van der Waals surface area contributed by atoms with Gasteiger partial charge in [0.1, 0.15) is 0 Å². The van der Waals surface area contributed by atoms with Gasteiger partial charge < -0.3 is 10.6 Å². The molecule has 1 fully saturated rings. The molecule has 4 rings (SSSR count). The van der Waals surface area contributed by atoms with Crippen LogP contribution in [0, 0.1) is 0 Å². The van der Waals surface area contributed by atoms with Crippen molar-refractivity contribution in [1.29, 1.82) is 0 Å². The van der Waals surface area contributed by atoms with E-state index in [1.165, 1.54) is 22.8 Å². The Labute approximate surface area is 119 Å². The second-order valence-electron chi connectivity index (χ2n) is 5.71. The van der Waals surface area contributed by atoms with E-state index in [0.717, 1.165) is 25.5 Å². The minimum atomic E-state index is 0.542. The molecule has 3 heteroatoms. The van der Waals surface area contributed by atoms with Crippen molar-refractivity contribution < 1.29 is 0 Å². The third-order valence-corrected chi connectivity index (χ3v) is 4.21. The lowest BCUT2D eigenvalue weighted by molar-refractivity contribution is 0.697. The van der Waals surface area contributed by atoms with E-state index in [1.54, 1.807) is 0 Å². The predicted molar refractivity (Wildman–Crippen MR) is 83.2 cm³/mol. The summed E-state index contributed by atoms with van der Waals surface area (Å²) in [6.45, 7) is 1.99. The van der Waals surface area contributed by atoms with Crippen molar-refractivity contribution in [2.75, 3.05) is 13.1 Å². The Hall–Kier alpha value is -2.03. The summed E-state index contributed by atoms with van der Waals surface area (Å²) < 4.78 is 0. The molecule has 2 aromatic carbocycles. The highest BCUT2D eigenvalue weighted by atomic mass is 15.2. The van der Waals surface area contributed by atoms with Crippen LogP contribution in [0.3, 0.4) is 0 Å². The van der Waals surface area contributed by atoms with Gasteiger partial charge in [0.25, 0.3) is 0 Å². The average Bonchev–Trinajstić information content (AvgIpc) is 3.27. The van der Waals surface area contributed by atoms with Gasteiger partial charge in [-0.25, -0.2) is 0 Å². The lowest BCUT2D eigenvalue weighted by Crippen LogP contribution is -2.42. The highest BCUT2D eigenvalue weighted by Crippen LogP contribution is 2.41. The molecular formula is C17H19N3. The van der Waals surface area contributed by atoms with Crippen LogP contribution in [0.5, 0.6) is 0 Å². The highest BCUT2D eigenvalue weighted by Gasteiger charge is 2.39. The molecule has 0 amide bonds. The fourth-order valence-corrected chi connectivity index (χ4v) is 2.97. The minimum absolute atomic E-state index is 0.542. The van der Waals surface area contributed by atoms with Crippen LogP contribution in [0.2, 0.25) is 0 Å². The number of benzene rings is 2. The molecule has 2 aliphatic rings. The second-order valence-corrected chi connectivity index (χ2v) is 5.71. The van der Waals surface area contributed by atoms with Crippen LogP contribution in [-0.2, 0) is 0 Å². The number of aliphatic imine (C=N–C) groups is 1. The number of rotatable bonds is 2. The Morgan fingerprint density at radius 2 is 2.00 bits per heavy atom. The number of guanidine groups is 1. The van der Waals surface area contributed by atoms with Gasteiger partial charge >= 0.3 is 0 Å². The molecular weight excluding hydrogens is 246 g/mol. The van der Waals surface area contributed by atoms with E-state index < -0.39 is 0 Å². The van der Waals surface area contributed by atoms with Crippen molar-refractivity contribution in [3.63, 3.8) is 0 Å². The van der Waals surface area contributed by atoms with E-state index in [1.807, 2.05) is 0 Å². The van der Waals surface area contributed by atoms with Crippen molar-refractivity contribution in [2.24, 2.45) is 4.99 Å². The molecule has 0 bridgehead atoms. The summed E-state index contributed by atoms with van der Waals surface area (Å²) in [7, 11) is 0. The summed E-state index contributed by atoms with van der Waals surface area (Å²) in [6, 6.07) is 15.9. The predicted octanol–water partition coefficient (Wildman–Crippen LogP) is 2.63. The topological polar surface area (TPSA) is 36.4 Å². The van der Waals surface area contributed by atoms with Gasteiger partial charge in [0, 0.05) is 25.0 Å². The quantitative estimate of drug-likeness (QED) is 0.875. The maximum Gasteiger partial charge on any atom is 0.191 e. The van der Waals surface area contributed by atoms with Gasteiger partial charge in [-0.3, -0.25) is 4.99 Å². The Bertz CT molecular complexity index is 662. The first-order valence-electron chi connectivity index (χ1n) is 7.44. The van der Waals surface area contributed by atoms with E-state index in [2.05, 4.69) is 58.1 Å². The third kappa shape index (κ3) is 2.24. The van der Waals surface area contributed by atoms with E-state index in [0.29, 0.717) is 12.0 Å². The first-order valence-corrected chi connectivity index (χ1v) is 7.44. The summed E-state index contributed by atoms with van der Waals surface area (Å²) >= 11 is 0. The molecule has 1 aliphatic heterocycles. The van der Waals surface area contributed by atoms with E-state index in [-0.39, 0.29) is 0 Å². The van der Waals surface area contributed by atoms with Gasteiger partial charge in [0.2, 0.25) is 0 Å². The molecule has 2 N–H and O–H groups in total. The zero-order chi connectivity index (χ0) is 13.4. The molecule has 0 radical (unpaired) electrons. The van der Waals surface area contributed by atoms with E-state index >= 15 is 0 Å². The normalized spacial score (nSPS) is 24.9. The standard InChI is InChI=1S/C17H19N3/c1-2-5-13-10-14(7-6-12(13)4-1)15-11-16(15)20-17-18-8-3-9-19-17/h1-2,4-7,10,15-16H,3,8-9,11H2,(H2,18,19,20)/t15-,16+/m0/s1. The molecule has 20 heavy (non-hydrogen) atoms. The molecule has 2 atom stereocenters. The Kier molecular flexibility index (Phi) is 2.84. The zero-order valence-electron chi connectivity index (χ0n) is 11.5. The smallest absolute Gasteiger partial charge is 0.191 e. The average molecular weight is 265 g/mol. The monoisotopic (exact) mass is 265 g/mol. The summed E-state index contributed by atoms with van der Waals surface area (Å²) in [5.41, 5.74) is 1.44. The number of nitrogens with one attached hydrogen (secondary N) is 2. The van der Waals surface area contributed by atoms with Crippen LogP contribution >= 0.6 is 0 Å². The van der Waals surface area contributed by atoms with Crippen LogP contribution in [0.25, 0.3) is 10.8 Å². The minimum Gasteiger partial charge on any atom is -0.356 e. The largest absolute Gasteiger partial charge is 0.356 e. The van der Waals surface area contributed by atoms with Crippen LogP contribution in [-0.4, -0.2) is 25.1 Å². The van der Waals surface area contributed by atoms with Gasteiger partial charge in [-0.05, 0) is 29.2 Å². The molecule has 0 aromatic heterocycles. The SMILES string of the molecule is c1ccc2cc([C@@H]3C[C@H]3NC3=NCCCN3)ccc2c1. The Morgan fingerprint density at radius 1 is 1.10 bits per heavy atom. The fraction of sp³-hybridized carbons (Fsp3) is 0.353. The van der Waals surface area contributed by atoms with Crippen LogP contribution < -0.4 is 10.6 Å². The summed E-state index contributed by atoms with van der Waals surface area (Å²) in [5, 5.41) is 9.52. The molecule has 1 aliphatic carbocycles. The van der Waals surface area contributed by atoms with Crippen molar-refractivity contribution in [3.8, 4) is 0 Å². The lowest BCUT2D eigenvalue weighted by atomic mass is 10.0. The van der Waals surface area contributed by atoms with Crippen LogP contribution in [0.4, 0.5) is 0 Å². The zero-order valence-corrected chi connectivity index (χ0v) is 11.5. The first-order chi connectivity index (χ1) is 9.90. The van der Waals surface area contributed by atoms with Crippen molar-refractivity contribution in [2.45, 2.75) is 24.8 Å². The Balaban J connectivity index is 1.49. The number of hydrogen-bond donors (Lipinski definition) is 2. The van der Waals surface area contributed by atoms with Gasteiger partial charge in [0.15, 0.2) is 5.96 Å². The summed E-state index contributed by atoms with van der Waals surface area (Å²) in [5.74, 6) is 1.62. The van der Waals surface area contributed by atoms with Crippen molar-refractivity contribution in [3.05, 3.63) is 48.0 Å². The Morgan fingerprint density at radius 3 is 2.85 bits per heavy atom. The second kappa shape index (κ2) is 4.82. The molecule has 1 saturated carbocycles. The van der Waals surface area contributed by atoms with Gasteiger partial charge in [0.05, 0.1) is 0 Å². The number of nitrogens with zero attached hydrogens (tertiary/aromatic N) is 1. The van der Waals surface area contributed by atoms with Gasteiger partial charge in [-0.15, -0.1) is 0 Å². The molecule has 3 nitrogen and oxygen atoms in total. The molecule has 1 heterocycles. The summed E-state index contributed by atoms with van der Waals surface area (Å²) in [4.78, 5) is 4.48. The molecule has 0 unspecified atom stereocenters. The number of hydrogen-bond acceptors (Lipinski definition) is 3. The molecule has 102 valence electrons. The third-order valence-electron chi connectivity index (χ3n) is 4.21. The van der Waals surface area contributed by atoms with Gasteiger partial charge in [-0.2, -0.15) is 0 Å². The van der Waals surface area contributed by atoms with Gasteiger partial charge in [-0.1, -0.05) is 42.5 Å². The van der Waals surface area contributed by atoms with Crippen LogP contribution in [0.15, 0.2) is 47.5 Å². The number of fused-ring (bicyclic) bond motifs is 1. The molecule has 0 spiro atoms. The van der Waals surface area contributed by atoms with E-state index in [9.17, 15) is 0 Å². The summed E-state index contributed by atoms with van der Waals surface area (Å²) in [6.07, 6.45) is 2.35. The van der Waals surface area contributed by atoms with E-state index in [4.69, 9.17) is 0 Å². The van der Waals surface area contributed by atoms with Crippen LogP contribution in [0.1, 0.15) is 24.3 Å². The molecule has 0 saturated heterocycles. The van der Waals surface area contributed by atoms with Crippen molar-refractivity contribution >= 4 is 16.7 Å². The highest BCUT2D eigenvalue weighted by molar-refractivity contribution is 5.84. The lowest BCUT2D eigenvalue weighted by Gasteiger charge is -2.16. The van der Waals surface area contributed by atoms with Crippen molar-refractivity contribution in [1.82, 2.24) is 10.6 Å².